The van der Waals surface area contributed by atoms with E-state index in [1.807, 2.05) is 0 Å². The Balaban J connectivity index is 2.01. The molecule has 20 heavy (non-hydrogen) atoms. The molecule has 2 aliphatic rings. The highest BCUT2D eigenvalue weighted by atomic mass is 16.6. The summed E-state index contributed by atoms with van der Waals surface area (Å²) in [7, 11) is 0. The van der Waals surface area contributed by atoms with Crippen LogP contribution in [0.25, 0.3) is 0 Å². The Bertz CT molecular complexity index is 407. The summed E-state index contributed by atoms with van der Waals surface area (Å²) in [6.45, 7) is 5.25. The first-order valence-corrected chi connectivity index (χ1v) is 6.48. The molecule has 0 aromatic carbocycles. The number of nitrogens with zero attached hydrogens (tertiary/aromatic N) is 1. The van der Waals surface area contributed by atoms with Gasteiger partial charge in [0.2, 0.25) is 0 Å². The van der Waals surface area contributed by atoms with Crippen molar-refractivity contribution in [3.8, 4) is 0 Å². The van der Waals surface area contributed by atoms with Gasteiger partial charge in [-0.1, -0.05) is 0 Å². The van der Waals surface area contributed by atoms with E-state index in [1.165, 1.54) is 4.90 Å². The second kappa shape index (κ2) is 5.10. The Morgan fingerprint density at radius 2 is 2.05 bits per heavy atom. The van der Waals surface area contributed by atoms with Crippen molar-refractivity contribution in [2.24, 2.45) is 0 Å². The number of aliphatic hydroxyl groups excluding tert-OH is 2. The number of amides is 2. The molecule has 2 saturated heterocycles. The molecule has 2 amide bonds. The number of ether oxygens (including phenoxy) is 2. The number of carbonyl (C=O) groups excluding carboxylic acids is 2. The fourth-order valence-corrected chi connectivity index (χ4v) is 2.33. The normalized spacial score (nSPS) is 33.5. The average molecular weight is 288 g/mol. The Labute approximate surface area is 116 Å². The Morgan fingerprint density at radius 1 is 1.40 bits per heavy atom. The minimum Gasteiger partial charge on any atom is -0.447 e. The van der Waals surface area contributed by atoms with E-state index in [0.717, 1.165) is 0 Å². The molecule has 8 heteroatoms. The summed E-state index contributed by atoms with van der Waals surface area (Å²) in [6.07, 6.45) is -3.62. The topological polar surface area (TPSA) is 108 Å². The number of hydrogen-bond donors (Lipinski definition) is 3. The number of nitrogens with one attached hydrogen (secondary N) is 1. The van der Waals surface area contributed by atoms with E-state index >= 15 is 0 Å². The minimum atomic E-state index is -1.18. The maximum atomic E-state index is 11.7. The van der Waals surface area contributed by atoms with Crippen LogP contribution in [0.3, 0.4) is 0 Å². The quantitative estimate of drug-likeness (QED) is 0.596. The van der Waals surface area contributed by atoms with Gasteiger partial charge in [-0.15, -0.1) is 0 Å². The van der Waals surface area contributed by atoms with Crippen LogP contribution in [0.2, 0.25) is 0 Å². The van der Waals surface area contributed by atoms with Crippen LogP contribution < -0.4 is 5.32 Å². The molecule has 2 rings (SSSR count). The molecule has 2 heterocycles. The third kappa shape index (κ3) is 2.96. The van der Waals surface area contributed by atoms with Gasteiger partial charge in [0, 0.05) is 6.54 Å². The van der Waals surface area contributed by atoms with Gasteiger partial charge in [0.25, 0.3) is 0 Å². The summed E-state index contributed by atoms with van der Waals surface area (Å²) in [6, 6.07) is -1.38. The third-order valence-electron chi connectivity index (χ3n) is 3.26. The van der Waals surface area contributed by atoms with E-state index in [-0.39, 0.29) is 13.2 Å². The highest BCUT2D eigenvalue weighted by Crippen LogP contribution is 2.24. The summed E-state index contributed by atoms with van der Waals surface area (Å²) < 4.78 is 9.91. The number of alkyl carbamates (subject to hydrolysis) is 1. The SMILES string of the molecule is CC(C)(C)OC(=O)N[C@H]1CN2C(=O)OC[C@H]2[C@@H](O)[C@@H]1O. The van der Waals surface area contributed by atoms with Gasteiger partial charge in [-0.05, 0) is 20.8 Å². The van der Waals surface area contributed by atoms with E-state index in [1.54, 1.807) is 20.8 Å². The first kappa shape index (κ1) is 14.9. The number of carbonyl (C=O) groups is 2. The molecule has 0 bridgehead atoms. The molecular weight excluding hydrogens is 268 g/mol. The van der Waals surface area contributed by atoms with Crippen LogP contribution in [-0.2, 0) is 9.47 Å². The largest absolute Gasteiger partial charge is 0.447 e. The fraction of sp³-hybridized carbons (Fsp3) is 0.833. The van der Waals surface area contributed by atoms with Crippen molar-refractivity contribution in [3.05, 3.63) is 0 Å². The van der Waals surface area contributed by atoms with Gasteiger partial charge in [-0.25, -0.2) is 9.59 Å². The van der Waals surface area contributed by atoms with Crippen molar-refractivity contribution >= 4 is 12.2 Å². The van der Waals surface area contributed by atoms with E-state index < -0.39 is 42.1 Å². The van der Waals surface area contributed by atoms with Crippen molar-refractivity contribution in [2.45, 2.75) is 50.7 Å². The lowest BCUT2D eigenvalue weighted by molar-refractivity contribution is -0.0712. The van der Waals surface area contributed by atoms with Crippen molar-refractivity contribution in [3.63, 3.8) is 0 Å². The van der Waals surface area contributed by atoms with Crippen LogP contribution in [0.4, 0.5) is 9.59 Å². The number of rotatable bonds is 1. The van der Waals surface area contributed by atoms with Gasteiger partial charge in [0.15, 0.2) is 0 Å². The maximum Gasteiger partial charge on any atom is 0.410 e. The monoisotopic (exact) mass is 288 g/mol. The van der Waals surface area contributed by atoms with Crippen molar-refractivity contribution < 1.29 is 29.3 Å². The lowest BCUT2D eigenvalue weighted by Crippen LogP contribution is -2.65. The van der Waals surface area contributed by atoms with Crippen molar-refractivity contribution in [2.75, 3.05) is 13.2 Å². The molecule has 0 radical (unpaired) electrons. The summed E-state index contributed by atoms with van der Waals surface area (Å²) in [5.41, 5.74) is -0.669. The van der Waals surface area contributed by atoms with Gasteiger partial charge in [0.1, 0.15) is 24.4 Å². The Hall–Kier alpha value is -1.54. The highest BCUT2D eigenvalue weighted by Gasteiger charge is 2.49. The molecule has 4 atom stereocenters. The first-order valence-electron chi connectivity index (χ1n) is 6.48. The zero-order valence-corrected chi connectivity index (χ0v) is 11.7. The van der Waals surface area contributed by atoms with Crippen molar-refractivity contribution in [1.29, 1.82) is 0 Å². The van der Waals surface area contributed by atoms with E-state index in [2.05, 4.69) is 5.32 Å². The zero-order valence-electron chi connectivity index (χ0n) is 11.7. The van der Waals surface area contributed by atoms with Gasteiger partial charge in [-0.2, -0.15) is 0 Å². The molecule has 0 unspecified atom stereocenters. The van der Waals surface area contributed by atoms with Crippen LogP contribution in [0.15, 0.2) is 0 Å². The predicted molar refractivity (Wildman–Crippen MR) is 67.0 cm³/mol. The number of hydrogen-bond acceptors (Lipinski definition) is 6. The lowest BCUT2D eigenvalue weighted by Gasteiger charge is -2.40. The van der Waals surface area contributed by atoms with Gasteiger partial charge in [-0.3, -0.25) is 4.90 Å². The molecule has 0 aromatic rings. The Kier molecular flexibility index (Phi) is 3.79. The van der Waals surface area contributed by atoms with Crippen molar-refractivity contribution in [1.82, 2.24) is 10.2 Å². The van der Waals surface area contributed by atoms with Gasteiger partial charge >= 0.3 is 12.2 Å². The second-order valence-corrected chi connectivity index (χ2v) is 6.03. The summed E-state index contributed by atoms with van der Waals surface area (Å²) in [4.78, 5) is 24.5. The van der Waals surface area contributed by atoms with Crippen LogP contribution in [0, 0.1) is 0 Å². The van der Waals surface area contributed by atoms with E-state index in [0.29, 0.717) is 0 Å². The zero-order chi connectivity index (χ0) is 15.1. The number of aliphatic hydroxyl groups is 2. The van der Waals surface area contributed by atoms with Gasteiger partial charge < -0.3 is 25.0 Å². The molecule has 114 valence electrons. The molecule has 0 saturated carbocycles. The van der Waals surface area contributed by atoms with Crippen LogP contribution in [0.5, 0.6) is 0 Å². The molecule has 0 spiro atoms. The Morgan fingerprint density at radius 3 is 2.65 bits per heavy atom. The second-order valence-electron chi connectivity index (χ2n) is 6.03. The number of cyclic esters (lactones) is 1. The highest BCUT2D eigenvalue weighted by molar-refractivity contribution is 5.71. The molecule has 0 aliphatic carbocycles. The predicted octanol–water partition coefficient (Wildman–Crippen LogP) is -0.564. The van der Waals surface area contributed by atoms with Crippen LogP contribution in [0.1, 0.15) is 20.8 Å². The standard InChI is InChI=1S/C12H20N2O6/c1-12(2,3)20-10(17)13-6-4-14-7(5-19-11(14)18)9(16)8(6)15/h6-9,15-16H,4-5H2,1-3H3,(H,13,17)/t6-,7-,8+,9+/m0/s1. The minimum absolute atomic E-state index is 0.0379. The lowest BCUT2D eigenvalue weighted by atomic mass is 9.93. The smallest absolute Gasteiger partial charge is 0.410 e. The molecule has 8 nitrogen and oxygen atoms in total. The molecule has 3 N–H and O–H groups in total. The number of piperidine rings is 1. The summed E-state index contributed by atoms with van der Waals surface area (Å²) >= 11 is 0. The summed E-state index contributed by atoms with van der Waals surface area (Å²) in [5.74, 6) is 0. The molecule has 2 aliphatic heterocycles. The van der Waals surface area contributed by atoms with Crippen LogP contribution in [-0.4, -0.2) is 70.3 Å². The first-order chi connectivity index (χ1) is 9.19. The van der Waals surface area contributed by atoms with E-state index in [4.69, 9.17) is 9.47 Å². The van der Waals surface area contributed by atoms with E-state index in [9.17, 15) is 19.8 Å². The van der Waals surface area contributed by atoms with Gasteiger partial charge in [0.05, 0.1) is 12.1 Å². The summed E-state index contributed by atoms with van der Waals surface area (Å²) in [5, 5.41) is 22.4. The molecule has 2 fully saturated rings. The third-order valence-corrected chi connectivity index (χ3v) is 3.26. The molecule has 0 aromatic heterocycles. The fourth-order valence-electron chi connectivity index (χ4n) is 2.33. The van der Waals surface area contributed by atoms with Crippen LogP contribution >= 0.6 is 0 Å². The maximum absolute atomic E-state index is 11.7. The molecular formula is C12H20N2O6. The average Bonchev–Trinajstić information content (AvgIpc) is 2.65. The number of fused-ring (bicyclic) bond motifs is 1.